The molecular formula is C10H21NO3. The summed E-state index contributed by atoms with van der Waals surface area (Å²) >= 11 is 0. The first-order chi connectivity index (χ1) is 6.42. The summed E-state index contributed by atoms with van der Waals surface area (Å²) in [7, 11) is 1.57. The lowest BCUT2D eigenvalue weighted by Gasteiger charge is -2.27. The maximum absolute atomic E-state index is 11.0. The predicted molar refractivity (Wildman–Crippen MR) is 55.4 cm³/mol. The highest BCUT2D eigenvalue weighted by Gasteiger charge is 2.31. The molecule has 0 saturated carbocycles. The van der Waals surface area contributed by atoms with Crippen molar-refractivity contribution < 1.29 is 14.6 Å². The van der Waals surface area contributed by atoms with Gasteiger partial charge < -0.3 is 15.2 Å². The molecule has 0 saturated heterocycles. The first kappa shape index (κ1) is 13.4. The molecule has 0 aliphatic carbocycles. The molecule has 0 aromatic carbocycles. The van der Waals surface area contributed by atoms with E-state index in [1.54, 1.807) is 14.0 Å². The van der Waals surface area contributed by atoms with Crippen LogP contribution in [0.25, 0.3) is 0 Å². The lowest BCUT2D eigenvalue weighted by Crippen LogP contribution is -2.51. The van der Waals surface area contributed by atoms with E-state index < -0.39 is 11.5 Å². The van der Waals surface area contributed by atoms with Gasteiger partial charge in [-0.25, -0.2) is 0 Å². The molecule has 0 aliphatic heterocycles. The summed E-state index contributed by atoms with van der Waals surface area (Å²) < 4.78 is 4.89. The number of ether oxygens (including phenoxy) is 1. The molecule has 0 heterocycles. The van der Waals surface area contributed by atoms with Crippen LogP contribution in [0.4, 0.5) is 0 Å². The molecule has 0 aliphatic rings. The molecule has 0 aromatic heterocycles. The first-order valence-corrected chi connectivity index (χ1v) is 4.89. The smallest absolute Gasteiger partial charge is 0.323 e. The van der Waals surface area contributed by atoms with E-state index in [1.807, 2.05) is 13.8 Å². The summed E-state index contributed by atoms with van der Waals surface area (Å²) in [6, 6.07) is 0. The maximum atomic E-state index is 11.0. The van der Waals surface area contributed by atoms with Gasteiger partial charge in [0.25, 0.3) is 0 Å². The highest BCUT2D eigenvalue weighted by atomic mass is 16.5. The van der Waals surface area contributed by atoms with Crippen LogP contribution in [0.5, 0.6) is 0 Å². The summed E-state index contributed by atoms with van der Waals surface area (Å²) in [6.45, 7) is 6.94. The van der Waals surface area contributed by atoms with Crippen molar-refractivity contribution in [1.82, 2.24) is 5.32 Å². The number of hydrogen-bond donors (Lipinski definition) is 2. The third-order valence-electron chi connectivity index (χ3n) is 2.18. The fraction of sp³-hybridized carbons (Fsp3) is 0.900. The molecule has 0 radical (unpaired) electrons. The number of carboxylic acids is 1. The van der Waals surface area contributed by atoms with Crippen molar-refractivity contribution in [3.63, 3.8) is 0 Å². The number of aliphatic carboxylic acids is 1. The monoisotopic (exact) mass is 203 g/mol. The van der Waals surface area contributed by atoms with E-state index in [9.17, 15) is 4.79 Å². The minimum atomic E-state index is -0.875. The molecule has 14 heavy (non-hydrogen) atoms. The number of rotatable bonds is 7. The van der Waals surface area contributed by atoms with Gasteiger partial charge in [0.05, 0.1) is 0 Å². The van der Waals surface area contributed by atoms with Crippen LogP contribution < -0.4 is 5.32 Å². The maximum Gasteiger partial charge on any atom is 0.323 e. The molecule has 0 rings (SSSR count). The molecule has 84 valence electrons. The Bertz CT molecular complexity index is 182. The van der Waals surface area contributed by atoms with Crippen molar-refractivity contribution in [3.8, 4) is 0 Å². The zero-order valence-corrected chi connectivity index (χ0v) is 9.46. The summed E-state index contributed by atoms with van der Waals surface area (Å²) in [5, 5.41) is 12.1. The Hall–Kier alpha value is -0.610. The summed E-state index contributed by atoms with van der Waals surface area (Å²) in [5.74, 6) is -0.383. The predicted octanol–water partition coefficient (Wildman–Crippen LogP) is 1.11. The third kappa shape index (κ3) is 4.58. The second-order valence-electron chi connectivity index (χ2n) is 4.15. The SMILES string of the molecule is COCCC(C)(NCC(C)C)C(=O)O. The number of methoxy groups -OCH3 is 1. The van der Waals surface area contributed by atoms with Gasteiger partial charge in [-0.2, -0.15) is 0 Å². The molecule has 4 heteroatoms. The second-order valence-corrected chi connectivity index (χ2v) is 4.15. The molecule has 4 nitrogen and oxygen atoms in total. The molecule has 1 atom stereocenters. The Labute approximate surface area is 85.6 Å². The van der Waals surface area contributed by atoms with Crippen molar-refractivity contribution in [1.29, 1.82) is 0 Å². The number of hydrogen-bond acceptors (Lipinski definition) is 3. The fourth-order valence-electron chi connectivity index (χ4n) is 1.01. The van der Waals surface area contributed by atoms with Gasteiger partial charge in [0, 0.05) is 13.7 Å². The highest BCUT2D eigenvalue weighted by Crippen LogP contribution is 2.10. The van der Waals surface area contributed by atoms with Crippen LogP contribution in [-0.2, 0) is 9.53 Å². The summed E-state index contributed by atoms with van der Waals surface area (Å²) in [5.41, 5.74) is -0.875. The van der Waals surface area contributed by atoms with Crippen molar-refractivity contribution in [2.75, 3.05) is 20.3 Å². The van der Waals surface area contributed by atoms with E-state index in [0.29, 0.717) is 25.5 Å². The van der Waals surface area contributed by atoms with E-state index in [2.05, 4.69) is 5.32 Å². The minimum Gasteiger partial charge on any atom is -0.480 e. The Morgan fingerprint density at radius 3 is 2.50 bits per heavy atom. The lowest BCUT2D eigenvalue weighted by molar-refractivity contribution is -0.145. The first-order valence-electron chi connectivity index (χ1n) is 4.89. The van der Waals surface area contributed by atoms with Crippen molar-refractivity contribution in [2.24, 2.45) is 5.92 Å². The number of nitrogens with one attached hydrogen (secondary N) is 1. The van der Waals surface area contributed by atoms with Gasteiger partial charge in [-0.05, 0) is 25.8 Å². The van der Waals surface area contributed by atoms with Crippen molar-refractivity contribution >= 4 is 5.97 Å². The zero-order valence-electron chi connectivity index (χ0n) is 9.46. The average Bonchev–Trinajstić information content (AvgIpc) is 2.11. The second kappa shape index (κ2) is 5.98. The van der Waals surface area contributed by atoms with Crippen LogP contribution >= 0.6 is 0 Å². The third-order valence-corrected chi connectivity index (χ3v) is 2.18. The molecule has 0 bridgehead atoms. The molecule has 1 unspecified atom stereocenters. The van der Waals surface area contributed by atoms with Gasteiger partial charge in [-0.15, -0.1) is 0 Å². The van der Waals surface area contributed by atoms with Crippen LogP contribution in [0.2, 0.25) is 0 Å². The minimum absolute atomic E-state index is 0.441. The fourth-order valence-corrected chi connectivity index (χ4v) is 1.01. The molecule has 0 amide bonds. The topological polar surface area (TPSA) is 58.6 Å². The Morgan fingerprint density at radius 2 is 2.14 bits per heavy atom. The Balaban J connectivity index is 4.17. The van der Waals surface area contributed by atoms with Gasteiger partial charge >= 0.3 is 5.97 Å². The standard InChI is InChI=1S/C10H21NO3/c1-8(2)7-11-10(3,9(12)13)5-6-14-4/h8,11H,5-7H2,1-4H3,(H,12,13). The van der Waals surface area contributed by atoms with Crippen LogP contribution in [0.1, 0.15) is 27.2 Å². The van der Waals surface area contributed by atoms with E-state index in [4.69, 9.17) is 9.84 Å². The number of carboxylic acid groups (broad SMARTS) is 1. The lowest BCUT2D eigenvalue weighted by atomic mass is 9.97. The van der Waals surface area contributed by atoms with Gasteiger partial charge in [0.15, 0.2) is 0 Å². The molecule has 0 aromatic rings. The van der Waals surface area contributed by atoms with Crippen LogP contribution in [0.15, 0.2) is 0 Å². The summed E-state index contributed by atoms with van der Waals surface area (Å²) in [4.78, 5) is 11.0. The average molecular weight is 203 g/mol. The molecule has 0 spiro atoms. The Morgan fingerprint density at radius 1 is 1.57 bits per heavy atom. The van der Waals surface area contributed by atoms with Gasteiger partial charge in [-0.1, -0.05) is 13.8 Å². The normalized spacial score (nSPS) is 15.5. The van der Waals surface area contributed by atoms with E-state index in [-0.39, 0.29) is 0 Å². The van der Waals surface area contributed by atoms with Crippen LogP contribution in [0, 0.1) is 5.92 Å². The molecular weight excluding hydrogens is 182 g/mol. The van der Waals surface area contributed by atoms with Crippen LogP contribution in [0.3, 0.4) is 0 Å². The molecule has 0 fully saturated rings. The van der Waals surface area contributed by atoms with Crippen LogP contribution in [-0.4, -0.2) is 36.9 Å². The van der Waals surface area contributed by atoms with Gasteiger partial charge in [-0.3, -0.25) is 4.79 Å². The zero-order chi connectivity index (χ0) is 11.2. The van der Waals surface area contributed by atoms with Gasteiger partial charge in [0.1, 0.15) is 5.54 Å². The van der Waals surface area contributed by atoms with Crippen molar-refractivity contribution in [2.45, 2.75) is 32.7 Å². The Kier molecular flexibility index (Phi) is 5.72. The van der Waals surface area contributed by atoms with Gasteiger partial charge in [0.2, 0.25) is 0 Å². The van der Waals surface area contributed by atoms with E-state index in [0.717, 1.165) is 0 Å². The summed E-state index contributed by atoms with van der Waals surface area (Å²) in [6.07, 6.45) is 0.478. The largest absolute Gasteiger partial charge is 0.480 e. The van der Waals surface area contributed by atoms with E-state index in [1.165, 1.54) is 0 Å². The number of carbonyl (C=O) groups is 1. The highest BCUT2D eigenvalue weighted by molar-refractivity contribution is 5.78. The van der Waals surface area contributed by atoms with Crippen molar-refractivity contribution in [3.05, 3.63) is 0 Å². The quantitative estimate of drug-likeness (QED) is 0.651. The molecule has 2 N–H and O–H groups in total. The van der Waals surface area contributed by atoms with E-state index >= 15 is 0 Å².